The Bertz CT molecular complexity index is 719. The highest BCUT2D eigenvalue weighted by Crippen LogP contribution is 2.36. The molecule has 1 N–H and O–H groups in total. The molecule has 0 amide bonds. The Labute approximate surface area is 111 Å². The van der Waals surface area contributed by atoms with Gasteiger partial charge >= 0.3 is 0 Å². The van der Waals surface area contributed by atoms with Crippen LogP contribution >= 0.6 is 0 Å². The fourth-order valence-corrected chi connectivity index (χ4v) is 2.22. The van der Waals surface area contributed by atoms with Gasteiger partial charge in [0.15, 0.2) is 0 Å². The summed E-state index contributed by atoms with van der Waals surface area (Å²) in [5.74, 6) is 1.56. The number of fused-ring (bicyclic) bond motifs is 1. The van der Waals surface area contributed by atoms with Crippen LogP contribution in [0.1, 0.15) is 0 Å². The maximum absolute atomic E-state index is 5.46. The zero-order valence-corrected chi connectivity index (χ0v) is 10.8. The molecule has 1 aromatic carbocycles. The van der Waals surface area contributed by atoms with Crippen molar-refractivity contribution in [2.75, 3.05) is 14.2 Å². The highest BCUT2D eigenvalue weighted by atomic mass is 16.5. The van der Waals surface area contributed by atoms with E-state index in [4.69, 9.17) is 9.47 Å². The van der Waals surface area contributed by atoms with Gasteiger partial charge in [-0.05, 0) is 29.8 Å². The van der Waals surface area contributed by atoms with E-state index in [1.807, 2.05) is 36.5 Å². The number of nitrogens with zero attached hydrogens (tertiary/aromatic N) is 1. The predicted octanol–water partition coefficient (Wildman–Crippen LogP) is 3.25. The molecule has 0 aliphatic heterocycles. The van der Waals surface area contributed by atoms with Crippen molar-refractivity contribution in [3.63, 3.8) is 0 Å². The zero-order chi connectivity index (χ0) is 13.2. The molecular weight excluding hydrogens is 240 g/mol. The van der Waals surface area contributed by atoms with Crippen LogP contribution in [0.3, 0.4) is 0 Å². The second-order valence-corrected chi connectivity index (χ2v) is 4.16. The number of methoxy groups -OCH3 is 2. The van der Waals surface area contributed by atoms with Gasteiger partial charge in [0.25, 0.3) is 0 Å². The Morgan fingerprint density at radius 3 is 2.68 bits per heavy atom. The minimum atomic E-state index is 0.778. The molecule has 0 spiro atoms. The first-order valence-electron chi connectivity index (χ1n) is 5.98. The molecule has 2 heterocycles. The van der Waals surface area contributed by atoms with Crippen LogP contribution in [-0.4, -0.2) is 24.2 Å². The number of benzene rings is 1. The van der Waals surface area contributed by atoms with Crippen LogP contribution in [0.25, 0.3) is 22.2 Å². The summed E-state index contributed by atoms with van der Waals surface area (Å²) in [5, 5.41) is 1.07. The van der Waals surface area contributed by atoms with Gasteiger partial charge in [-0.1, -0.05) is 0 Å². The van der Waals surface area contributed by atoms with Gasteiger partial charge in [0.1, 0.15) is 17.1 Å². The van der Waals surface area contributed by atoms with Crippen molar-refractivity contribution in [3.8, 4) is 22.6 Å². The molecule has 3 rings (SSSR count). The molecule has 4 heteroatoms. The SMILES string of the molecule is COc1ccc(-c2ccnc3[nH]ccc23)c(OC)c1. The molecule has 4 nitrogen and oxygen atoms in total. The second kappa shape index (κ2) is 4.65. The van der Waals surface area contributed by atoms with E-state index in [2.05, 4.69) is 9.97 Å². The summed E-state index contributed by atoms with van der Waals surface area (Å²) in [6.07, 6.45) is 3.68. The largest absolute Gasteiger partial charge is 0.497 e. The van der Waals surface area contributed by atoms with E-state index in [9.17, 15) is 0 Å². The molecule has 0 bridgehead atoms. The topological polar surface area (TPSA) is 47.1 Å². The lowest BCUT2D eigenvalue weighted by Gasteiger charge is -2.11. The highest BCUT2D eigenvalue weighted by Gasteiger charge is 2.11. The van der Waals surface area contributed by atoms with Crippen molar-refractivity contribution in [1.82, 2.24) is 9.97 Å². The number of pyridine rings is 1. The summed E-state index contributed by atoms with van der Waals surface area (Å²) in [5.41, 5.74) is 2.98. The number of rotatable bonds is 3. The smallest absolute Gasteiger partial charge is 0.137 e. The summed E-state index contributed by atoms with van der Waals surface area (Å²) < 4.78 is 10.7. The van der Waals surface area contributed by atoms with Crippen molar-refractivity contribution < 1.29 is 9.47 Å². The van der Waals surface area contributed by atoms with Gasteiger partial charge in [-0.2, -0.15) is 0 Å². The first-order valence-corrected chi connectivity index (χ1v) is 5.98. The van der Waals surface area contributed by atoms with Crippen molar-refractivity contribution in [2.45, 2.75) is 0 Å². The number of hydrogen-bond acceptors (Lipinski definition) is 3. The third-order valence-electron chi connectivity index (χ3n) is 3.16. The van der Waals surface area contributed by atoms with Crippen LogP contribution in [0.15, 0.2) is 42.7 Å². The van der Waals surface area contributed by atoms with Crippen LogP contribution in [0.5, 0.6) is 11.5 Å². The van der Waals surface area contributed by atoms with Crippen molar-refractivity contribution >= 4 is 11.0 Å². The average molecular weight is 254 g/mol. The normalized spacial score (nSPS) is 10.6. The fraction of sp³-hybridized carbons (Fsp3) is 0.133. The Morgan fingerprint density at radius 2 is 1.89 bits per heavy atom. The Morgan fingerprint density at radius 1 is 1.00 bits per heavy atom. The minimum absolute atomic E-state index is 0.778. The van der Waals surface area contributed by atoms with Crippen LogP contribution in [0.4, 0.5) is 0 Å². The third kappa shape index (κ3) is 1.91. The monoisotopic (exact) mass is 254 g/mol. The molecule has 0 atom stereocenters. The standard InChI is InChI=1S/C15H14N2O2/c1-18-10-3-4-12(14(9-10)19-2)11-5-7-16-15-13(11)6-8-17-15/h3-9H,1-2H3,(H,16,17). The van der Waals surface area contributed by atoms with Crippen molar-refractivity contribution in [1.29, 1.82) is 0 Å². The molecule has 96 valence electrons. The molecule has 3 aromatic rings. The lowest BCUT2D eigenvalue weighted by atomic mass is 10.0. The summed E-state index contributed by atoms with van der Waals surface area (Å²) in [4.78, 5) is 7.41. The predicted molar refractivity (Wildman–Crippen MR) is 74.6 cm³/mol. The van der Waals surface area contributed by atoms with E-state index in [1.54, 1.807) is 20.4 Å². The molecule has 0 saturated heterocycles. The maximum Gasteiger partial charge on any atom is 0.137 e. The van der Waals surface area contributed by atoms with Gasteiger partial charge in [0, 0.05) is 29.4 Å². The number of hydrogen-bond donors (Lipinski definition) is 1. The van der Waals surface area contributed by atoms with E-state index < -0.39 is 0 Å². The molecule has 0 radical (unpaired) electrons. The molecule has 0 aliphatic rings. The molecule has 0 saturated carbocycles. The third-order valence-corrected chi connectivity index (χ3v) is 3.16. The van der Waals surface area contributed by atoms with Gasteiger partial charge in [0.2, 0.25) is 0 Å². The summed E-state index contributed by atoms with van der Waals surface area (Å²) in [6, 6.07) is 9.81. The van der Waals surface area contributed by atoms with E-state index in [0.29, 0.717) is 0 Å². The van der Waals surface area contributed by atoms with Crippen LogP contribution in [0.2, 0.25) is 0 Å². The van der Waals surface area contributed by atoms with E-state index in [0.717, 1.165) is 33.7 Å². The first kappa shape index (κ1) is 11.6. The number of H-pyrrole nitrogens is 1. The summed E-state index contributed by atoms with van der Waals surface area (Å²) >= 11 is 0. The zero-order valence-electron chi connectivity index (χ0n) is 10.8. The first-order chi connectivity index (χ1) is 9.33. The summed E-state index contributed by atoms with van der Waals surface area (Å²) in [6.45, 7) is 0. The average Bonchev–Trinajstić information content (AvgIpc) is 2.95. The quantitative estimate of drug-likeness (QED) is 0.780. The molecule has 0 unspecified atom stereocenters. The number of nitrogens with one attached hydrogen (secondary N) is 1. The van der Waals surface area contributed by atoms with Gasteiger partial charge in [-0.3, -0.25) is 0 Å². The van der Waals surface area contributed by atoms with Crippen LogP contribution < -0.4 is 9.47 Å². The fourth-order valence-electron chi connectivity index (χ4n) is 2.22. The molecule has 0 fully saturated rings. The Balaban J connectivity index is 2.23. The number of ether oxygens (including phenoxy) is 2. The van der Waals surface area contributed by atoms with Crippen LogP contribution in [0, 0.1) is 0 Å². The van der Waals surface area contributed by atoms with Gasteiger partial charge < -0.3 is 14.5 Å². The van der Waals surface area contributed by atoms with Crippen molar-refractivity contribution in [2.24, 2.45) is 0 Å². The number of aromatic nitrogens is 2. The Hall–Kier alpha value is -2.49. The summed E-state index contributed by atoms with van der Waals surface area (Å²) in [7, 11) is 3.30. The van der Waals surface area contributed by atoms with Gasteiger partial charge in [-0.25, -0.2) is 4.98 Å². The molecule has 19 heavy (non-hydrogen) atoms. The van der Waals surface area contributed by atoms with Gasteiger partial charge in [0.05, 0.1) is 14.2 Å². The molecule has 2 aromatic heterocycles. The second-order valence-electron chi connectivity index (χ2n) is 4.16. The highest BCUT2D eigenvalue weighted by molar-refractivity contribution is 5.94. The van der Waals surface area contributed by atoms with Crippen molar-refractivity contribution in [3.05, 3.63) is 42.7 Å². The molecular formula is C15H14N2O2. The van der Waals surface area contributed by atoms with Crippen LogP contribution in [-0.2, 0) is 0 Å². The van der Waals surface area contributed by atoms with E-state index in [1.165, 1.54) is 0 Å². The number of aromatic amines is 1. The van der Waals surface area contributed by atoms with E-state index in [-0.39, 0.29) is 0 Å². The lowest BCUT2D eigenvalue weighted by molar-refractivity contribution is 0.395. The van der Waals surface area contributed by atoms with Gasteiger partial charge in [-0.15, -0.1) is 0 Å². The minimum Gasteiger partial charge on any atom is -0.497 e. The molecule has 0 aliphatic carbocycles. The lowest BCUT2D eigenvalue weighted by Crippen LogP contribution is -1.91. The van der Waals surface area contributed by atoms with E-state index >= 15 is 0 Å². The maximum atomic E-state index is 5.46. The Kier molecular flexibility index (Phi) is 2.83.